The molecule has 1 aromatic heterocycles. The number of nitrogens with two attached hydrogens (primary N) is 1. The van der Waals surface area contributed by atoms with E-state index in [-0.39, 0.29) is 29.6 Å². The van der Waals surface area contributed by atoms with Crippen LogP contribution in [-0.2, 0) is 9.53 Å². The fraction of sp³-hybridized carbons (Fsp3) is 0.500. The lowest BCUT2D eigenvalue weighted by Crippen LogP contribution is -2.39. The minimum atomic E-state index is -0.525. The van der Waals surface area contributed by atoms with Gasteiger partial charge in [0.2, 0.25) is 5.91 Å². The molecule has 0 aliphatic carbocycles. The van der Waals surface area contributed by atoms with E-state index in [0.29, 0.717) is 37.4 Å². The number of nitrogens with zero attached hydrogens (tertiary/aromatic N) is 3. The molecule has 1 aromatic rings. The average molecular weight is 316 g/mol. The molecule has 2 N–H and O–H groups in total. The zero-order valence-electron chi connectivity index (χ0n) is 13.3. The summed E-state index contributed by atoms with van der Waals surface area (Å²) in [6, 6.07) is 3.63. The predicted molar refractivity (Wildman–Crippen MR) is 83.8 cm³/mol. The van der Waals surface area contributed by atoms with Crippen molar-refractivity contribution in [3.05, 3.63) is 22.9 Å². The normalized spacial score (nSPS) is 15.1. The molecule has 0 unspecified atom stereocenters. The molecule has 0 saturated carbocycles. The van der Waals surface area contributed by atoms with Crippen LogP contribution in [0.25, 0.3) is 0 Å². The largest absolute Gasteiger partial charge is 0.462 e. The molecule has 23 heavy (non-hydrogen) atoms. The Hall–Kier alpha value is -2.62. The number of carbonyl (C=O) groups excluding carboxylic acids is 2. The molecule has 122 valence electrons. The molecular weight excluding hydrogens is 296 g/mol. The van der Waals surface area contributed by atoms with Crippen molar-refractivity contribution >= 4 is 17.7 Å². The highest BCUT2D eigenvalue weighted by molar-refractivity contribution is 5.94. The Balaban J connectivity index is 2.34. The van der Waals surface area contributed by atoms with Gasteiger partial charge >= 0.3 is 5.97 Å². The fourth-order valence-corrected chi connectivity index (χ4v) is 2.74. The quantitative estimate of drug-likeness (QED) is 0.834. The van der Waals surface area contributed by atoms with Crippen molar-refractivity contribution < 1.29 is 14.3 Å². The molecule has 1 aliphatic heterocycles. The Bertz CT molecular complexity index is 658. The third-order valence-corrected chi connectivity index (χ3v) is 3.93. The van der Waals surface area contributed by atoms with Crippen LogP contribution in [-0.4, -0.2) is 36.6 Å². The van der Waals surface area contributed by atoms with Gasteiger partial charge in [-0.1, -0.05) is 0 Å². The van der Waals surface area contributed by atoms with Gasteiger partial charge < -0.3 is 15.4 Å². The second-order valence-electron chi connectivity index (χ2n) is 5.51. The summed E-state index contributed by atoms with van der Waals surface area (Å²) >= 11 is 0. The molecular formula is C16H20N4O3. The number of pyridine rings is 1. The smallest absolute Gasteiger partial charge is 0.339 e. The summed E-state index contributed by atoms with van der Waals surface area (Å²) in [7, 11) is 0. The summed E-state index contributed by atoms with van der Waals surface area (Å²) < 4.78 is 5.02. The molecule has 1 fully saturated rings. The number of carbonyl (C=O) groups is 2. The van der Waals surface area contributed by atoms with Crippen molar-refractivity contribution in [3.63, 3.8) is 0 Å². The molecule has 0 spiro atoms. The topological polar surface area (TPSA) is 109 Å². The van der Waals surface area contributed by atoms with Crippen LogP contribution in [0.3, 0.4) is 0 Å². The van der Waals surface area contributed by atoms with Crippen LogP contribution in [0.4, 0.5) is 5.82 Å². The first-order valence-corrected chi connectivity index (χ1v) is 7.61. The summed E-state index contributed by atoms with van der Waals surface area (Å²) in [5, 5.41) is 9.48. The molecule has 2 heterocycles. The lowest BCUT2D eigenvalue weighted by molar-refractivity contribution is -0.122. The highest BCUT2D eigenvalue weighted by Gasteiger charge is 2.27. The van der Waals surface area contributed by atoms with Gasteiger partial charge in [0, 0.05) is 24.7 Å². The van der Waals surface area contributed by atoms with Crippen LogP contribution in [0.5, 0.6) is 0 Å². The number of aromatic nitrogens is 1. The minimum Gasteiger partial charge on any atom is -0.462 e. The van der Waals surface area contributed by atoms with Gasteiger partial charge in [-0.05, 0) is 32.8 Å². The molecule has 7 nitrogen and oxygen atoms in total. The summed E-state index contributed by atoms with van der Waals surface area (Å²) in [4.78, 5) is 29.7. The maximum atomic E-state index is 12.1. The molecule has 0 bridgehead atoms. The van der Waals surface area contributed by atoms with Gasteiger partial charge in [0.15, 0.2) is 0 Å². The number of rotatable bonds is 4. The molecule has 0 radical (unpaired) electrons. The van der Waals surface area contributed by atoms with E-state index in [0.717, 1.165) is 0 Å². The number of anilines is 1. The summed E-state index contributed by atoms with van der Waals surface area (Å²) in [6.45, 7) is 4.86. The lowest BCUT2D eigenvalue weighted by atomic mass is 9.95. The van der Waals surface area contributed by atoms with Crippen LogP contribution >= 0.6 is 0 Å². The first-order chi connectivity index (χ1) is 11.0. The lowest BCUT2D eigenvalue weighted by Gasteiger charge is -2.32. The first-order valence-electron chi connectivity index (χ1n) is 7.61. The van der Waals surface area contributed by atoms with Gasteiger partial charge in [0.05, 0.1) is 12.2 Å². The van der Waals surface area contributed by atoms with Gasteiger partial charge in [0.1, 0.15) is 17.5 Å². The third kappa shape index (κ3) is 3.59. The Labute approximate surface area is 135 Å². The number of hydrogen-bond acceptors (Lipinski definition) is 6. The Morgan fingerprint density at radius 3 is 2.65 bits per heavy atom. The summed E-state index contributed by atoms with van der Waals surface area (Å²) in [5.74, 6) is -0.498. The van der Waals surface area contributed by atoms with E-state index in [1.54, 1.807) is 19.9 Å². The number of ether oxygens (including phenoxy) is 1. The van der Waals surface area contributed by atoms with E-state index in [1.807, 2.05) is 4.90 Å². The van der Waals surface area contributed by atoms with E-state index in [9.17, 15) is 14.9 Å². The van der Waals surface area contributed by atoms with Crippen LogP contribution < -0.4 is 10.6 Å². The molecule has 1 aliphatic rings. The molecule has 0 aromatic carbocycles. The van der Waals surface area contributed by atoms with Crippen molar-refractivity contribution in [3.8, 4) is 6.07 Å². The van der Waals surface area contributed by atoms with E-state index in [1.165, 1.54) is 0 Å². The van der Waals surface area contributed by atoms with Crippen LogP contribution in [0.1, 0.15) is 41.4 Å². The Kier molecular flexibility index (Phi) is 5.16. The summed E-state index contributed by atoms with van der Waals surface area (Å²) in [5.41, 5.74) is 6.42. The first kappa shape index (κ1) is 16.7. The monoisotopic (exact) mass is 316 g/mol. The zero-order chi connectivity index (χ0) is 17.0. The van der Waals surface area contributed by atoms with Crippen molar-refractivity contribution in [1.29, 1.82) is 5.26 Å². The standard InChI is InChI=1S/C16H20N4O3/c1-3-23-16(22)12-8-10(2)19-15(13(12)9-17)20-6-4-11(5-7-20)14(18)21/h8,11H,3-7H2,1-2H3,(H2,18,21). The SMILES string of the molecule is CCOC(=O)c1cc(C)nc(N2CCC(C(N)=O)CC2)c1C#N. The van der Waals surface area contributed by atoms with Crippen molar-refractivity contribution in [2.24, 2.45) is 11.7 Å². The number of hydrogen-bond donors (Lipinski definition) is 1. The number of amides is 1. The van der Waals surface area contributed by atoms with Crippen molar-refractivity contribution in [2.75, 3.05) is 24.6 Å². The van der Waals surface area contributed by atoms with E-state index < -0.39 is 5.97 Å². The molecule has 2 rings (SSSR count). The highest BCUT2D eigenvalue weighted by atomic mass is 16.5. The number of esters is 1. The molecule has 0 atom stereocenters. The van der Waals surface area contributed by atoms with E-state index in [4.69, 9.17) is 10.5 Å². The Morgan fingerprint density at radius 2 is 2.13 bits per heavy atom. The number of primary amides is 1. The number of aryl methyl sites for hydroxylation is 1. The van der Waals surface area contributed by atoms with Crippen molar-refractivity contribution in [1.82, 2.24) is 4.98 Å². The van der Waals surface area contributed by atoms with E-state index >= 15 is 0 Å². The van der Waals surface area contributed by atoms with Gasteiger partial charge in [-0.15, -0.1) is 0 Å². The summed E-state index contributed by atoms with van der Waals surface area (Å²) in [6.07, 6.45) is 1.23. The number of piperidine rings is 1. The molecule has 7 heteroatoms. The zero-order valence-corrected chi connectivity index (χ0v) is 13.3. The molecule has 1 amide bonds. The third-order valence-electron chi connectivity index (χ3n) is 3.93. The van der Waals surface area contributed by atoms with E-state index in [2.05, 4.69) is 11.1 Å². The second-order valence-corrected chi connectivity index (χ2v) is 5.51. The van der Waals surface area contributed by atoms with Gasteiger partial charge in [-0.25, -0.2) is 9.78 Å². The van der Waals surface area contributed by atoms with Crippen molar-refractivity contribution in [2.45, 2.75) is 26.7 Å². The highest BCUT2D eigenvalue weighted by Crippen LogP contribution is 2.27. The van der Waals surface area contributed by atoms with Crippen LogP contribution in [0, 0.1) is 24.2 Å². The predicted octanol–water partition coefficient (Wildman–Crippen LogP) is 1.14. The van der Waals surface area contributed by atoms with Gasteiger partial charge in [0.25, 0.3) is 0 Å². The van der Waals surface area contributed by atoms with Crippen LogP contribution in [0.2, 0.25) is 0 Å². The van der Waals surface area contributed by atoms with Gasteiger partial charge in [-0.2, -0.15) is 5.26 Å². The Morgan fingerprint density at radius 1 is 1.48 bits per heavy atom. The van der Waals surface area contributed by atoms with Gasteiger partial charge in [-0.3, -0.25) is 4.79 Å². The van der Waals surface area contributed by atoms with Crippen LogP contribution in [0.15, 0.2) is 6.07 Å². The second kappa shape index (κ2) is 7.09. The minimum absolute atomic E-state index is 0.147. The molecule has 1 saturated heterocycles. The average Bonchev–Trinajstić information content (AvgIpc) is 2.54. The maximum absolute atomic E-state index is 12.1. The number of nitriles is 1. The maximum Gasteiger partial charge on any atom is 0.339 e. The fourth-order valence-electron chi connectivity index (χ4n) is 2.74.